The molecule has 1 N–H and O–H groups in total. The van der Waals surface area contributed by atoms with Gasteiger partial charge in [-0.15, -0.1) is 0 Å². The molecule has 2 amide bonds. The second-order valence-corrected chi connectivity index (χ2v) is 6.65. The smallest absolute Gasteiger partial charge is 0.348 e. The van der Waals surface area contributed by atoms with E-state index >= 15 is 0 Å². The molecular formula is C16H18BrF3N2O2. The number of hydrogen-bond acceptors (Lipinski definition) is 2. The van der Waals surface area contributed by atoms with Gasteiger partial charge in [-0.3, -0.25) is 9.59 Å². The summed E-state index contributed by atoms with van der Waals surface area (Å²) >= 11 is 3.41. The van der Waals surface area contributed by atoms with E-state index in [1.54, 1.807) is 4.90 Å². The Labute approximate surface area is 146 Å². The molecule has 0 bridgehead atoms. The molecule has 0 aliphatic carbocycles. The van der Waals surface area contributed by atoms with E-state index in [2.05, 4.69) is 15.9 Å². The summed E-state index contributed by atoms with van der Waals surface area (Å²) in [7, 11) is 0. The number of nitrogens with zero attached hydrogens (tertiary/aromatic N) is 1. The van der Waals surface area contributed by atoms with E-state index in [4.69, 9.17) is 0 Å². The summed E-state index contributed by atoms with van der Waals surface area (Å²) in [6.45, 7) is 0.982. The van der Waals surface area contributed by atoms with Gasteiger partial charge in [-0.1, -0.05) is 34.1 Å². The minimum absolute atomic E-state index is 0.000299. The number of benzene rings is 1. The van der Waals surface area contributed by atoms with Crippen LogP contribution in [0.25, 0.3) is 0 Å². The summed E-state index contributed by atoms with van der Waals surface area (Å²) in [5.74, 6) is -1.95. The summed E-state index contributed by atoms with van der Waals surface area (Å²) in [4.78, 5) is 24.8. The Morgan fingerprint density at radius 3 is 2.42 bits per heavy atom. The molecule has 1 aliphatic heterocycles. The second-order valence-electron chi connectivity index (χ2n) is 5.80. The van der Waals surface area contributed by atoms with Crippen LogP contribution in [0.4, 0.5) is 13.2 Å². The van der Waals surface area contributed by atoms with Crippen LogP contribution in [0, 0.1) is 5.92 Å². The summed E-state index contributed by atoms with van der Waals surface area (Å²) in [5.41, 5.74) is 0.905. The molecular weight excluding hydrogens is 389 g/mol. The van der Waals surface area contributed by atoms with Crippen LogP contribution in [0.15, 0.2) is 28.7 Å². The van der Waals surface area contributed by atoms with E-state index in [-0.39, 0.29) is 24.8 Å². The van der Waals surface area contributed by atoms with Crippen LogP contribution in [0.5, 0.6) is 0 Å². The van der Waals surface area contributed by atoms with E-state index in [1.807, 2.05) is 29.6 Å². The number of likely N-dealkylation sites (tertiary alicyclic amines) is 1. The highest BCUT2D eigenvalue weighted by atomic mass is 79.9. The van der Waals surface area contributed by atoms with Gasteiger partial charge in [0.1, 0.15) is 0 Å². The van der Waals surface area contributed by atoms with Crippen molar-refractivity contribution in [2.75, 3.05) is 19.6 Å². The maximum atomic E-state index is 12.3. The number of halogens is 4. The van der Waals surface area contributed by atoms with Crippen molar-refractivity contribution in [2.24, 2.45) is 5.92 Å². The summed E-state index contributed by atoms with van der Waals surface area (Å²) in [6.07, 6.45) is -3.39. The fourth-order valence-electron chi connectivity index (χ4n) is 2.64. The molecule has 132 valence electrons. The van der Waals surface area contributed by atoms with Crippen molar-refractivity contribution < 1.29 is 22.8 Å². The molecule has 0 aromatic heterocycles. The Hall–Kier alpha value is -1.57. The van der Waals surface area contributed by atoms with Gasteiger partial charge < -0.3 is 10.2 Å². The average Bonchev–Trinajstić information content (AvgIpc) is 2.54. The maximum Gasteiger partial charge on any atom is 0.471 e. The third-order valence-corrected chi connectivity index (χ3v) is 4.85. The predicted octanol–water partition coefficient (Wildman–Crippen LogP) is 2.91. The summed E-state index contributed by atoms with van der Waals surface area (Å²) in [6, 6.07) is 7.49. The van der Waals surface area contributed by atoms with E-state index in [0.29, 0.717) is 25.9 Å². The van der Waals surface area contributed by atoms with Crippen LogP contribution in [0.3, 0.4) is 0 Å². The van der Waals surface area contributed by atoms with Crippen LogP contribution in [-0.4, -0.2) is 42.5 Å². The minimum atomic E-state index is -4.85. The molecule has 0 saturated carbocycles. The molecule has 1 fully saturated rings. The monoisotopic (exact) mass is 406 g/mol. The first-order chi connectivity index (χ1) is 11.3. The first-order valence-corrected chi connectivity index (χ1v) is 8.43. The highest BCUT2D eigenvalue weighted by Crippen LogP contribution is 2.21. The van der Waals surface area contributed by atoms with Gasteiger partial charge in [0, 0.05) is 24.1 Å². The van der Waals surface area contributed by atoms with Crippen molar-refractivity contribution in [2.45, 2.75) is 25.4 Å². The first kappa shape index (κ1) is 18.8. The van der Waals surface area contributed by atoms with Crippen molar-refractivity contribution in [1.29, 1.82) is 0 Å². The molecule has 8 heteroatoms. The van der Waals surface area contributed by atoms with Crippen LogP contribution in [-0.2, 0) is 16.0 Å². The molecule has 4 nitrogen and oxygen atoms in total. The van der Waals surface area contributed by atoms with Gasteiger partial charge in [0.05, 0.1) is 6.42 Å². The largest absolute Gasteiger partial charge is 0.471 e. The Kier molecular flexibility index (Phi) is 6.26. The molecule has 24 heavy (non-hydrogen) atoms. The number of amides is 2. The van der Waals surface area contributed by atoms with Crippen LogP contribution < -0.4 is 5.32 Å². The first-order valence-electron chi connectivity index (χ1n) is 7.63. The molecule has 2 rings (SSSR count). The van der Waals surface area contributed by atoms with Crippen molar-refractivity contribution >= 4 is 27.7 Å². The van der Waals surface area contributed by atoms with E-state index in [1.165, 1.54) is 0 Å². The van der Waals surface area contributed by atoms with E-state index in [9.17, 15) is 22.8 Å². The lowest BCUT2D eigenvalue weighted by molar-refractivity contribution is -0.173. The zero-order valence-corrected chi connectivity index (χ0v) is 14.5. The lowest BCUT2D eigenvalue weighted by Crippen LogP contribution is -2.44. The lowest BCUT2D eigenvalue weighted by atomic mass is 9.96. The molecule has 1 heterocycles. The average molecular weight is 407 g/mol. The SMILES string of the molecule is O=C(Cc1ccccc1Br)N1CCC(CNC(=O)C(F)(F)F)CC1. The molecule has 0 radical (unpaired) electrons. The number of alkyl halides is 3. The highest BCUT2D eigenvalue weighted by molar-refractivity contribution is 9.10. The van der Waals surface area contributed by atoms with E-state index in [0.717, 1.165) is 10.0 Å². The molecule has 1 aliphatic rings. The van der Waals surface area contributed by atoms with Crippen molar-refractivity contribution in [3.05, 3.63) is 34.3 Å². The Balaban J connectivity index is 1.77. The Morgan fingerprint density at radius 2 is 1.83 bits per heavy atom. The number of hydrogen-bond donors (Lipinski definition) is 1. The normalized spacial score (nSPS) is 16.1. The number of nitrogens with one attached hydrogen (secondary N) is 1. The predicted molar refractivity (Wildman–Crippen MR) is 86.2 cm³/mol. The molecule has 0 unspecified atom stereocenters. The standard InChI is InChI=1S/C16H18BrF3N2O2/c17-13-4-2-1-3-12(13)9-14(23)22-7-5-11(6-8-22)10-21-15(24)16(18,19)20/h1-4,11H,5-10H2,(H,21,24). The van der Waals surface area contributed by atoms with Crippen molar-refractivity contribution in [3.8, 4) is 0 Å². The van der Waals surface area contributed by atoms with Gasteiger partial charge >= 0.3 is 12.1 Å². The quantitative estimate of drug-likeness (QED) is 0.835. The molecule has 1 aromatic rings. The second kappa shape index (κ2) is 8.00. The topological polar surface area (TPSA) is 49.4 Å². The number of rotatable bonds is 4. The zero-order chi connectivity index (χ0) is 17.7. The molecule has 0 spiro atoms. The number of carbonyl (C=O) groups is 2. The highest BCUT2D eigenvalue weighted by Gasteiger charge is 2.38. The fraction of sp³-hybridized carbons (Fsp3) is 0.500. The Morgan fingerprint density at radius 1 is 1.21 bits per heavy atom. The van der Waals surface area contributed by atoms with Gasteiger partial charge in [-0.25, -0.2) is 0 Å². The molecule has 1 saturated heterocycles. The van der Waals surface area contributed by atoms with Crippen LogP contribution in [0.2, 0.25) is 0 Å². The van der Waals surface area contributed by atoms with Gasteiger partial charge in [0.2, 0.25) is 5.91 Å². The number of piperidine rings is 1. The van der Waals surface area contributed by atoms with Crippen molar-refractivity contribution in [3.63, 3.8) is 0 Å². The van der Waals surface area contributed by atoms with E-state index < -0.39 is 12.1 Å². The number of carbonyl (C=O) groups excluding carboxylic acids is 2. The van der Waals surface area contributed by atoms with Gasteiger partial charge in [0.15, 0.2) is 0 Å². The minimum Gasteiger partial charge on any atom is -0.348 e. The van der Waals surface area contributed by atoms with Gasteiger partial charge in [-0.05, 0) is 30.4 Å². The molecule has 0 atom stereocenters. The van der Waals surface area contributed by atoms with Crippen molar-refractivity contribution in [1.82, 2.24) is 10.2 Å². The van der Waals surface area contributed by atoms with Gasteiger partial charge in [0.25, 0.3) is 0 Å². The van der Waals surface area contributed by atoms with Crippen LogP contribution in [0.1, 0.15) is 18.4 Å². The van der Waals surface area contributed by atoms with Gasteiger partial charge in [-0.2, -0.15) is 13.2 Å². The Bertz CT molecular complexity index is 599. The zero-order valence-electron chi connectivity index (χ0n) is 12.9. The maximum absolute atomic E-state index is 12.3. The summed E-state index contributed by atoms with van der Waals surface area (Å²) < 4.78 is 37.3. The van der Waals surface area contributed by atoms with Crippen LogP contribution >= 0.6 is 15.9 Å². The third kappa shape index (κ3) is 5.22. The lowest BCUT2D eigenvalue weighted by Gasteiger charge is -2.32. The summed E-state index contributed by atoms with van der Waals surface area (Å²) in [5, 5.41) is 1.91. The molecule has 1 aromatic carbocycles. The fourth-order valence-corrected chi connectivity index (χ4v) is 3.07. The third-order valence-electron chi connectivity index (χ3n) is 4.08.